The monoisotopic (exact) mass is 200 g/mol. The molecule has 2 amide bonds. The first-order chi connectivity index (χ1) is 6.72. The Morgan fingerprint density at radius 3 is 2.64 bits per heavy atom. The van der Waals surface area contributed by atoms with Gasteiger partial charge < -0.3 is 15.4 Å². The minimum absolute atomic E-state index is 0.0651. The number of ether oxygens (including phenoxy) is 1. The lowest BCUT2D eigenvalue weighted by atomic mass is 10.4. The summed E-state index contributed by atoms with van der Waals surface area (Å²) in [4.78, 5) is 21.9. The van der Waals surface area contributed by atoms with Gasteiger partial charge in [0.25, 0.3) is 0 Å². The van der Waals surface area contributed by atoms with E-state index < -0.39 is 5.97 Å². The summed E-state index contributed by atoms with van der Waals surface area (Å²) in [6, 6.07) is -0.301. The lowest BCUT2D eigenvalue weighted by molar-refractivity contribution is -0.141. The second kappa shape index (κ2) is 5.47. The Bertz CT molecular complexity index is 214. The molecule has 14 heavy (non-hydrogen) atoms. The predicted molar refractivity (Wildman–Crippen MR) is 50.8 cm³/mol. The fourth-order valence-electron chi connectivity index (χ4n) is 0.986. The molecule has 1 fully saturated rings. The predicted octanol–water partition coefficient (Wildman–Crippen LogP) is 0.259. The van der Waals surface area contributed by atoms with Crippen molar-refractivity contribution in [1.29, 1.82) is 0 Å². The third-order valence-electron chi connectivity index (χ3n) is 1.95. The van der Waals surface area contributed by atoms with Gasteiger partial charge in [0, 0.05) is 6.54 Å². The fraction of sp³-hybridized carbons (Fsp3) is 0.778. The summed E-state index contributed by atoms with van der Waals surface area (Å²) in [6.45, 7) is 2.70. The lowest BCUT2D eigenvalue weighted by Crippen LogP contribution is -2.39. The van der Waals surface area contributed by atoms with Crippen LogP contribution < -0.4 is 10.6 Å². The van der Waals surface area contributed by atoms with Crippen molar-refractivity contribution in [3.05, 3.63) is 0 Å². The molecule has 1 aliphatic rings. The van der Waals surface area contributed by atoms with Crippen LogP contribution in [-0.2, 0) is 9.53 Å². The number of rotatable bonds is 5. The number of hydrogen-bond donors (Lipinski definition) is 2. The van der Waals surface area contributed by atoms with Crippen LogP contribution >= 0.6 is 0 Å². The highest BCUT2D eigenvalue weighted by molar-refractivity contribution is 5.80. The first-order valence-electron chi connectivity index (χ1n) is 4.89. The number of carbonyl (C=O) groups is 2. The molecule has 0 bridgehead atoms. The summed E-state index contributed by atoms with van der Waals surface area (Å²) in [5.74, 6) is 0.234. The molecule has 80 valence electrons. The van der Waals surface area contributed by atoms with Crippen molar-refractivity contribution in [2.75, 3.05) is 19.7 Å². The van der Waals surface area contributed by atoms with Crippen LogP contribution in [0.2, 0.25) is 0 Å². The number of urea groups is 1. The molecule has 0 aromatic rings. The zero-order chi connectivity index (χ0) is 10.4. The largest absolute Gasteiger partial charge is 0.465 e. The number of nitrogens with one attached hydrogen (secondary N) is 2. The van der Waals surface area contributed by atoms with Crippen LogP contribution in [0, 0.1) is 5.92 Å². The minimum Gasteiger partial charge on any atom is -0.465 e. The molecule has 5 nitrogen and oxygen atoms in total. The van der Waals surface area contributed by atoms with Crippen molar-refractivity contribution >= 4 is 12.0 Å². The molecule has 2 N–H and O–H groups in total. The van der Waals surface area contributed by atoms with Gasteiger partial charge in [0.15, 0.2) is 0 Å². The third-order valence-corrected chi connectivity index (χ3v) is 1.95. The molecule has 0 saturated heterocycles. The molecule has 5 heteroatoms. The second-order valence-electron chi connectivity index (χ2n) is 3.31. The van der Waals surface area contributed by atoms with Gasteiger partial charge in [-0.3, -0.25) is 4.79 Å². The molecule has 0 atom stereocenters. The summed E-state index contributed by atoms with van der Waals surface area (Å²) in [5, 5.41) is 5.11. The van der Waals surface area contributed by atoms with E-state index in [2.05, 4.69) is 15.4 Å². The zero-order valence-corrected chi connectivity index (χ0v) is 8.34. The van der Waals surface area contributed by atoms with Gasteiger partial charge in [-0.1, -0.05) is 0 Å². The first-order valence-corrected chi connectivity index (χ1v) is 4.89. The Hall–Kier alpha value is -1.26. The standard InChI is InChI=1S/C9H16N2O3/c1-2-14-8(12)6-11-9(13)10-5-7-3-4-7/h7H,2-6H2,1H3,(H2,10,11,13). The number of hydrogen-bond acceptors (Lipinski definition) is 3. The van der Waals surface area contributed by atoms with E-state index in [9.17, 15) is 9.59 Å². The SMILES string of the molecule is CCOC(=O)CNC(=O)NCC1CC1. The van der Waals surface area contributed by atoms with Crippen LogP contribution in [0.1, 0.15) is 19.8 Å². The van der Waals surface area contributed by atoms with Crippen molar-refractivity contribution in [2.24, 2.45) is 5.92 Å². The van der Waals surface area contributed by atoms with Crippen LogP contribution in [-0.4, -0.2) is 31.7 Å². The van der Waals surface area contributed by atoms with Gasteiger partial charge in [-0.2, -0.15) is 0 Å². The van der Waals surface area contributed by atoms with Crippen LogP contribution in [0.4, 0.5) is 4.79 Å². The number of amides is 2. The average Bonchev–Trinajstić information content (AvgIpc) is 2.95. The molecule has 0 radical (unpaired) electrons. The van der Waals surface area contributed by atoms with Gasteiger partial charge in [-0.15, -0.1) is 0 Å². The minimum atomic E-state index is -0.408. The number of carbonyl (C=O) groups excluding carboxylic acids is 2. The highest BCUT2D eigenvalue weighted by Gasteiger charge is 2.21. The lowest BCUT2D eigenvalue weighted by Gasteiger charge is -2.06. The van der Waals surface area contributed by atoms with Crippen LogP contribution in [0.3, 0.4) is 0 Å². The summed E-state index contributed by atoms with van der Waals surface area (Å²) < 4.78 is 4.65. The van der Waals surface area contributed by atoms with Gasteiger partial charge >= 0.3 is 12.0 Å². The van der Waals surface area contributed by atoms with Crippen molar-refractivity contribution in [3.8, 4) is 0 Å². The Morgan fingerprint density at radius 2 is 2.07 bits per heavy atom. The summed E-state index contributed by atoms with van der Waals surface area (Å²) >= 11 is 0. The zero-order valence-electron chi connectivity index (χ0n) is 8.34. The van der Waals surface area contributed by atoms with Gasteiger partial charge in [0.1, 0.15) is 6.54 Å². The maximum atomic E-state index is 11.1. The molecule has 0 unspecified atom stereocenters. The van der Waals surface area contributed by atoms with Crippen molar-refractivity contribution in [3.63, 3.8) is 0 Å². The molecule has 1 saturated carbocycles. The summed E-state index contributed by atoms with van der Waals surface area (Å²) in [7, 11) is 0. The van der Waals surface area contributed by atoms with Crippen LogP contribution in [0.15, 0.2) is 0 Å². The third kappa shape index (κ3) is 4.69. The molecule has 0 heterocycles. The quantitative estimate of drug-likeness (QED) is 0.625. The van der Waals surface area contributed by atoms with E-state index in [4.69, 9.17) is 0 Å². The van der Waals surface area contributed by atoms with Gasteiger partial charge in [0.2, 0.25) is 0 Å². The van der Waals surface area contributed by atoms with E-state index in [0.717, 1.165) is 0 Å². The van der Waals surface area contributed by atoms with Gasteiger partial charge in [0.05, 0.1) is 6.61 Å². The fourth-order valence-corrected chi connectivity index (χ4v) is 0.986. The molecule has 1 rings (SSSR count). The van der Waals surface area contributed by atoms with E-state index in [1.165, 1.54) is 12.8 Å². The highest BCUT2D eigenvalue weighted by atomic mass is 16.5. The Kier molecular flexibility index (Phi) is 4.22. The number of esters is 1. The van der Waals surface area contributed by atoms with E-state index in [-0.39, 0.29) is 12.6 Å². The molecule has 0 aromatic heterocycles. The Labute approximate surface area is 83.2 Å². The normalized spacial score (nSPS) is 14.6. The molecule has 0 spiro atoms. The molecule has 1 aliphatic carbocycles. The van der Waals surface area contributed by atoms with E-state index in [1.807, 2.05) is 0 Å². The Morgan fingerprint density at radius 1 is 1.36 bits per heavy atom. The average molecular weight is 200 g/mol. The molecule has 0 aromatic carbocycles. The van der Waals surface area contributed by atoms with Crippen molar-refractivity contribution in [2.45, 2.75) is 19.8 Å². The van der Waals surface area contributed by atoms with Crippen molar-refractivity contribution in [1.82, 2.24) is 10.6 Å². The van der Waals surface area contributed by atoms with Gasteiger partial charge in [-0.25, -0.2) is 4.79 Å². The topological polar surface area (TPSA) is 67.4 Å². The smallest absolute Gasteiger partial charge is 0.325 e. The summed E-state index contributed by atoms with van der Waals surface area (Å²) in [6.07, 6.45) is 2.39. The summed E-state index contributed by atoms with van der Waals surface area (Å²) in [5.41, 5.74) is 0. The van der Waals surface area contributed by atoms with Crippen molar-refractivity contribution < 1.29 is 14.3 Å². The Balaban J connectivity index is 1.98. The van der Waals surface area contributed by atoms with E-state index in [0.29, 0.717) is 19.1 Å². The highest BCUT2D eigenvalue weighted by Crippen LogP contribution is 2.27. The van der Waals surface area contributed by atoms with E-state index >= 15 is 0 Å². The maximum absolute atomic E-state index is 11.1. The maximum Gasteiger partial charge on any atom is 0.325 e. The molecular formula is C9H16N2O3. The van der Waals surface area contributed by atoms with Crippen LogP contribution in [0.5, 0.6) is 0 Å². The second-order valence-corrected chi connectivity index (χ2v) is 3.31. The van der Waals surface area contributed by atoms with E-state index in [1.54, 1.807) is 6.92 Å². The van der Waals surface area contributed by atoms with Gasteiger partial charge in [-0.05, 0) is 25.7 Å². The first kappa shape index (κ1) is 10.8. The molecule has 0 aliphatic heterocycles. The van der Waals surface area contributed by atoms with Crippen LogP contribution in [0.25, 0.3) is 0 Å². The molecular weight excluding hydrogens is 184 g/mol.